The molecule has 1 aromatic carbocycles. The summed E-state index contributed by atoms with van der Waals surface area (Å²) in [5.41, 5.74) is 8.10. The Balaban J connectivity index is 1.80. The van der Waals surface area contributed by atoms with Crippen LogP contribution in [-0.4, -0.2) is 16.6 Å². The maximum atomic E-state index is 6.20. The Morgan fingerprint density at radius 1 is 1.42 bits per heavy atom. The van der Waals surface area contributed by atoms with Crippen molar-refractivity contribution in [2.75, 3.05) is 6.79 Å². The normalized spacial score (nSPS) is 14.7. The zero-order valence-corrected chi connectivity index (χ0v) is 11.2. The van der Waals surface area contributed by atoms with Crippen molar-refractivity contribution in [3.63, 3.8) is 0 Å². The fourth-order valence-corrected chi connectivity index (χ4v) is 2.18. The topological polar surface area (TPSA) is 62.3 Å². The van der Waals surface area contributed by atoms with Crippen LogP contribution in [0.4, 0.5) is 0 Å². The lowest BCUT2D eigenvalue weighted by atomic mass is 10.1. The molecule has 1 unspecified atom stereocenters. The van der Waals surface area contributed by atoms with Gasteiger partial charge in [-0.2, -0.15) is 5.10 Å². The van der Waals surface area contributed by atoms with E-state index in [1.807, 2.05) is 25.1 Å². The summed E-state index contributed by atoms with van der Waals surface area (Å²) in [5.74, 6) is 1.50. The lowest BCUT2D eigenvalue weighted by Gasteiger charge is -2.14. The summed E-state index contributed by atoms with van der Waals surface area (Å²) in [6.45, 7) is 2.75. The van der Waals surface area contributed by atoms with Crippen LogP contribution in [0.3, 0.4) is 0 Å². The lowest BCUT2D eigenvalue weighted by molar-refractivity contribution is 0.174. The van der Waals surface area contributed by atoms with Gasteiger partial charge in [-0.05, 0) is 24.6 Å². The second-order valence-corrected chi connectivity index (χ2v) is 4.89. The van der Waals surface area contributed by atoms with Crippen LogP contribution < -0.4 is 15.2 Å². The minimum Gasteiger partial charge on any atom is -0.454 e. The summed E-state index contributed by atoms with van der Waals surface area (Å²) >= 11 is 5.97. The summed E-state index contributed by atoms with van der Waals surface area (Å²) in [7, 11) is 0. The van der Waals surface area contributed by atoms with E-state index in [0.29, 0.717) is 11.6 Å². The Labute approximate surface area is 115 Å². The van der Waals surface area contributed by atoms with Crippen molar-refractivity contribution >= 4 is 11.6 Å². The summed E-state index contributed by atoms with van der Waals surface area (Å²) in [4.78, 5) is 0. The molecule has 0 aliphatic carbocycles. The number of hydrogen-bond donors (Lipinski definition) is 1. The summed E-state index contributed by atoms with van der Waals surface area (Å²) in [5, 5.41) is 4.85. The highest BCUT2D eigenvalue weighted by Crippen LogP contribution is 2.34. The quantitative estimate of drug-likeness (QED) is 0.936. The third-order valence-corrected chi connectivity index (χ3v) is 3.61. The molecule has 0 radical (unpaired) electrons. The molecule has 100 valence electrons. The van der Waals surface area contributed by atoms with Gasteiger partial charge in [0, 0.05) is 6.04 Å². The monoisotopic (exact) mass is 279 g/mol. The zero-order chi connectivity index (χ0) is 13.4. The third-order valence-electron chi connectivity index (χ3n) is 3.24. The molecule has 2 N–H and O–H groups in total. The second-order valence-electron chi connectivity index (χ2n) is 4.48. The van der Waals surface area contributed by atoms with Crippen molar-refractivity contribution in [2.24, 2.45) is 5.73 Å². The Bertz CT molecular complexity index is 612. The van der Waals surface area contributed by atoms with Gasteiger partial charge in [-0.1, -0.05) is 17.7 Å². The minimum absolute atomic E-state index is 0.177. The molecular weight excluding hydrogens is 266 g/mol. The van der Waals surface area contributed by atoms with Gasteiger partial charge < -0.3 is 15.2 Å². The Morgan fingerprint density at radius 2 is 2.21 bits per heavy atom. The maximum absolute atomic E-state index is 6.20. The SMILES string of the molecule is Cc1c(Cl)cnn1CC(N)c1ccc2c(c1)OCO2. The molecule has 2 aromatic rings. The maximum Gasteiger partial charge on any atom is 0.231 e. The van der Waals surface area contributed by atoms with Gasteiger partial charge in [0.1, 0.15) is 0 Å². The molecule has 0 spiro atoms. The Morgan fingerprint density at radius 3 is 2.95 bits per heavy atom. The molecule has 5 nitrogen and oxygen atoms in total. The van der Waals surface area contributed by atoms with Crippen molar-refractivity contribution in [3.05, 3.63) is 40.7 Å². The molecule has 0 bridgehead atoms. The van der Waals surface area contributed by atoms with Gasteiger partial charge in [0.25, 0.3) is 0 Å². The first-order valence-corrected chi connectivity index (χ1v) is 6.36. The molecule has 1 aliphatic rings. The molecule has 19 heavy (non-hydrogen) atoms. The number of nitrogens with zero attached hydrogens (tertiary/aromatic N) is 2. The van der Waals surface area contributed by atoms with E-state index >= 15 is 0 Å². The van der Waals surface area contributed by atoms with E-state index in [4.69, 9.17) is 26.8 Å². The van der Waals surface area contributed by atoms with E-state index in [1.165, 1.54) is 0 Å². The number of ether oxygens (including phenoxy) is 2. The Hall–Kier alpha value is -1.72. The highest BCUT2D eigenvalue weighted by molar-refractivity contribution is 6.31. The summed E-state index contributed by atoms with van der Waals surface area (Å²) in [6, 6.07) is 5.55. The van der Waals surface area contributed by atoms with Crippen LogP contribution in [0, 0.1) is 6.92 Å². The van der Waals surface area contributed by atoms with Gasteiger partial charge in [0.05, 0.1) is 23.5 Å². The standard InChI is InChI=1S/C13H14ClN3O2/c1-8-10(14)5-16-17(8)6-11(15)9-2-3-12-13(4-9)19-7-18-12/h2-5,11H,6-7,15H2,1H3. The highest BCUT2D eigenvalue weighted by Gasteiger charge is 2.17. The molecule has 0 amide bonds. The largest absolute Gasteiger partial charge is 0.454 e. The van der Waals surface area contributed by atoms with Gasteiger partial charge in [-0.25, -0.2) is 0 Å². The van der Waals surface area contributed by atoms with E-state index in [9.17, 15) is 0 Å². The van der Waals surface area contributed by atoms with E-state index < -0.39 is 0 Å². The number of aromatic nitrogens is 2. The van der Waals surface area contributed by atoms with Crippen LogP contribution in [-0.2, 0) is 6.54 Å². The smallest absolute Gasteiger partial charge is 0.231 e. The molecule has 3 rings (SSSR count). The zero-order valence-electron chi connectivity index (χ0n) is 10.5. The van der Waals surface area contributed by atoms with Gasteiger partial charge >= 0.3 is 0 Å². The number of benzene rings is 1. The van der Waals surface area contributed by atoms with E-state index in [1.54, 1.807) is 10.9 Å². The Kier molecular flexibility index (Phi) is 3.08. The summed E-state index contributed by atoms with van der Waals surface area (Å²) in [6.07, 6.45) is 1.63. The molecule has 1 aliphatic heterocycles. The number of fused-ring (bicyclic) bond motifs is 1. The van der Waals surface area contributed by atoms with Crippen LogP contribution in [0.2, 0.25) is 5.02 Å². The first-order chi connectivity index (χ1) is 9.15. The molecule has 6 heteroatoms. The van der Waals surface area contributed by atoms with Gasteiger partial charge in [0.2, 0.25) is 6.79 Å². The second kappa shape index (κ2) is 4.75. The third kappa shape index (κ3) is 2.27. The van der Waals surface area contributed by atoms with Gasteiger partial charge in [0.15, 0.2) is 11.5 Å². The van der Waals surface area contributed by atoms with Gasteiger partial charge in [-0.15, -0.1) is 0 Å². The van der Waals surface area contributed by atoms with Crippen LogP contribution in [0.15, 0.2) is 24.4 Å². The number of nitrogens with two attached hydrogens (primary N) is 1. The van der Waals surface area contributed by atoms with Crippen molar-refractivity contribution in [1.82, 2.24) is 9.78 Å². The van der Waals surface area contributed by atoms with Crippen LogP contribution in [0.1, 0.15) is 17.3 Å². The summed E-state index contributed by atoms with van der Waals surface area (Å²) < 4.78 is 12.4. The predicted molar refractivity (Wildman–Crippen MR) is 71.5 cm³/mol. The van der Waals surface area contributed by atoms with Crippen LogP contribution in [0.5, 0.6) is 11.5 Å². The van der Waals surface area contributed by atoms with Crippen LogP contribution in [0.25, 0.3) is 0 Å². The number of rotatable bonds is 3. The van der Waals surface area contributed by atoms with E-state index in [0.717, 1.165) is 22.8 Å². The fourth-order valence-electron chi connectivity index (χ4n) is 2.04. The molecule has 0 saturated heterocycles. The molecule has 1 aromatic heterocycles. The molecule has 2 heterocycles. The molecule has 1 atom stereocenters. The minimum atomic E-state index is -0.177. The molecule has 0 saturated carbocycles. The van der Waals surface area contributed by atoms with E-state index in [2.05, 4.69) is 5.10 Å². The average Bonchev–Trinajstić information content (AvgIpc) is 2.99. The van der Waals surface area contributed by atoms with Crippen molar-refractivity contribution in [1.29, 1.82) is 0 Å². The van der Waals surface area contributed by atoms with Gasteiger partial charge in [-0.3, -0.25) is 4.68 Å². The average molecular weight is 280 g/mol. The van der Waals surface area contributed by atoms with Crippen molar-refractivity contribution in [3.8, 4) is 11.5 Å². The first kappa shape index (κ1) is 12.3. The van der Waals surface area contributed by atoms with Crippen LogP contribution >= 0.6 is 11.6 Å². The molecule has 0 fully saturated rings. The number of hydrogen-bond acceptors (Lipinski definition) is 4. The van der Waals surface area contributed by atoms with Crippen molar-refractivity contribution < 1.29 is 9.47 Å². The fraction of sp³-hybridized carbons (Fsp3) is 0.308. The van der Waals surface area contributed by atoms with Crippen molar-refractivity contribution in [2.45, 2.75) is 19.5 Å². The van der Waals surface area contributed by atoms with E-state index in [-0.39, 0.29) is 12.8 Å². The lowest BCUT2D eigenvalue weighted by Crippen LogP contribution is -2.19. The predicted octanol–water partition coefficient (Wildman–Crippen LogP) is 2.27. The number of halogens is 1. The highest BCUT2D eigenvalue weighted by atomic mass is 35.5. The molecular formula is C13H14ClN3O2. The first-order valence-electron chi connectivity index (χ1n) is 5.98.